The Morgan fingerprint density at radius 3 is 2.45 bits per heavy atom. The second-order valence-electron chi connectivity index (χ2n) is 7.12. The second kappa shape index (κ2) is 9.38. The van der Waals surface area contributed by atoms with E-state index in [0.717, 1.165) is 10.5 Å². The van der Waals surface area contributed by atoms with Crippen molar-refractivity contribution in [3.63, 3.8) is 0 Å². The highest BCUT2D eigenvalue weighted by molar-refractivity contribution is 6.23. The van der Waals surface area contributed by atoms with E-state index >= 15 is 0 Å². The molecule has 7 nitrogen and oxygen atoms in total. The Hall–Kier alpha value is -3.74. The molecule has 1 unspecified atom stereocenters. The molecule has 0 aromatic heterocycles. The minimum atomic E-state index is -0.928. The third-order valence-electron chi connectivity index (χ3n) is 5.10. The molecule has 0 bridgehead atoms. The molecule has 1 fully saturated rings. The molecular formula is C24H24N2O5. The van der Waals surface area contributed by atoms with Gasteiger partial charge >= 0.3 is 5.97 Å². The van der Waals surface area contributed by atoms with Gasteiger partial charge in [-0.05, 0) is 49.7 Å². The molecule has 0 saturated carbocycles. The number of nitrogens with zero attached hydrogens (tertiary/aromatic N) is 2. The number of ether oxygens (including phenoxy) is 1. The molecule has 3 rings (SSSR count). The highest BCUT2D eigenvalue weighted by atomic mass is 16.5. The normalized spacial score (nSPS) is 15.7. The van der Waals surface area contributed by atoms with Crippen LogP contribution in [0.3, 0.4) is 0 Å². The SMILES string of the molecule is C=CCN(C(=O)c1ccccc1C)C1CC(=O)N(c2ccc(C(=O)OCC)cc2)C1=O. The number of benzene rings is 2. The van der Waals surface area contributed by atoms with E-state index in [9.17, 15) is 19.2 Å². The molecule has 0 N–H and O–H groups in total. The van der Waals surface area contributed by atoms with E-state index in [1.165, 1.54) is 35.2 Å². The Labute approximate surface area is 180 Å². The predicted octanol–water partition coefficient (Wildman–Crippen LogP) is 3.13. The van der Waals surface area contributed by atoms with Gasteiger partial charge in [0.1, 0.15) is 6.04 Å². The van der Waals surface area contributed by atoms with Crippen molar-refractivity contribution in [1.82, 2.24) is 4.90 Å². The summed E-state index contributed by atoms with van der Waals surface area (Å²) in [4.78, 5) is 53.3. The highest BCUT2D eigenvalue weighted by Crippen LogP contribution is 2.27. The summed E-state index contributed by atoms with van der Waals surface area (Å²) in [6.45, 7) is 7.59. The number of amides is 3. The molecule has 7 heteroatoms. The third-order valence-corrected chi connectivity index (χ3v) is 5.10. The van der Waals surface area contributed by atoms with Gasteiger partial charge in [0.2, 0.25) is 5.91 Å². The average Bonchev–Trinajstić information content (AvgIpc) is 3.06. The summed E-state index contributed by atoms with van der Waals surface area (Å²) >= 11 is 0. The first-order valence-corrected chi connectivity index (χ1v) is 10.0. The van der Waals surface area contributed by atoms with Crippen LogP contribution in [0.4, 0.5) is 5.69 Å². The maximum Gasteiger partial charge on any atom is 0.338 e. The zero-order chi connectivity index (χ0) is 22.5. The lowest BCUT2D eigenvalue weighted by Crippen LogP contribution is -2.45. The molecule has 1 aliphatic rings. The van der Waals surface area contributed by atoms with Crippen molar-refractivity contribution in [3.05, 3.63) is 77.9 Å². The standard InChI is InChI=1S/C24H24N2O5/c1-4-14-25(22(28)19-9-7-6-8-16(19)3)20-15-21(27)26(23(20)29)18-12-10-17(11-13-18)24(30)31-5-2/h4,6-13,20H,1,5,14-15H2,2-3H3. The first-order valence-electron chi connectivity index (χ1n) is 10.0. The van der Waals surface area contributed by atoms with Crippen LogP contribution in [0.2, 0.25) is 0 Å². The molecule has 1 atom stereocenters. The molecule has 3 amide bonds. The predicted molar refractivity (Wildman–Crippen MR) is 116 cm³/mol. The molecule has 0 aliphatic carbocycles. The number of esters is 1. The van der Waals surface area contributed by atoms with E-state index in [-0.39, 0.29) is 25.5 Å². The molecule has 0 radical (unpaired) electrons. The zero-order valence-corrected chi connectivity index (χ0v) is 17.5. The van der Waals surface area contributed by atoms with Crippen LogP contribution in [0.1, 0.15) is 39.6 Å². The van der Waals surface area contributed by atoms with Crippen LogP contribution in [0.15, 0.2) is 61.2 Å². The highest BCUT2D eigenvalue weighted by Gasteiger charge is 2.44. The fourth-order valence-electron chi connectivity index (χ4n) is 3.55. The second-order valence-corrected chi connectivity index (χ2v) is 7.12. The summed E-state index contributed by atoms with van der Waals surface area (Å²) in [5.74, 6) is -1.71. The molecule has 2 aromatic carbocycles. The lowest BCUT2D eigenvalue weighted by Gasteiger charge is -2.27. The number of rotatable bonds is 7. The van der Waals surface area contributed by atoms with E-state index < -0.39 is 23.8 Å². The minimum absolute atomic E-state index is 0.121. The minimum Gasteiger partial charge on any atom is -0.462 e. The topological polar surface area (TPSA) is 84.0 Å². The van der Waals surface area contributed by atoms with Gasteiger partial charge < -0.3 is 9.64 Å². The fraction of sp³-hybridized carbons (Fsp3) is 0.250. The Morgan fingerprint density at radius 1 is 1.16 bits per heavy atom. The largest absolute Gasteiger partial charge is 0.462 e. The van der Waals surface area contributed by atoms with Gasteiger partial charge in [0.15, 0.2) is 0 Å². The summed E-state index contributed by atoms with van der Waals surface area (Å²) in [5, 5.41) is 0. The van der Waals surface area contributed by atoms with E-state index in [2.05, 4.69) is 6.58 Å². The van der Waals surface area contributed by atoms with Gasteiger partial charge in [-0.25, -0.2) is 9.69 Å². The molecule has 0 spiro atoms. The van der Waals surface area contributed by atoms with Crippen molar-refractivity contribution in [3.8, 4) is 0 Å². The lowest BCUT2D eigenvalue weighted by atomic mass is 10.1. The van der Waals surface area contributed by atoms with Gasteiger partial charge in [0, 0.05) is 12.1 Å². The van der Waals surface area contributed by atoms with Crippen LogP contribution in [0, 0.1) is 6.92 Å². The molecule has 2 aromatic rings. The number of aryl methyl sites for hydroxylation is 1. The smallest absolute Gasteiger partial charge is 0.338 e. The van der Waals surface area contributed by atoms with Gasteiger partial charge in [-0.2, -0.15) is 0 Å². The number of carbonyl (C=O) groups excluding carboxylic acids is 4. The van der Waals surface area contributed by atoms with Crippen molar-refractivity contribution < 1.29 is 23.9 Å². The molecule has 31 heavy (non-hydrogen) atoms. The van der Waals surface area contributed by atoms with Crippen LogP contribution >= 0.6 is 0 Å². The van der Waals surface area contributed by atoms with Gasteiger partial charge in [-0.15, -0.1) is 6.58 Å². The Kier molecular flexibility index (Phi) is 6.65. The molecule has 160 valence electrons. The summed E-state index contributed by atoms with van der Waals surface area (Å²) in [5.41, 5.74) is 1.92. The molecular weight excluding hydrogens is 396 g/mol. The maximum atomic E-state index is 13.2. The number of imide groups is 1. The van der Waals surface area contributed by atoms with E-state index in [1.807, 2.05) is 19.1 Å². The van der Waals surface area contributed by atoms with Crippen LogP contribution in [-0.2, 0) is 14.3 Å². The molecule has 1 saturated heterocycles. The summed E-state index contributed by atoms with van der Waals surface area (Å²) in [7, 11) is 0. The summed E-state index contributed by atoms with van der Waals surface area (Å²) < 4.78 is 4.95. The van der Waals surface area contributed by atoms with Crippen LogP contribution < -0.4 is 4.90 Å². The number of hydrogen-bond donors (Lipinski definition) is 0. The van der Waals surface area contributed by atoms with E-state index in [0.29, 0.717) is 16.8 Å². The first-order chi connectivity index (χ1) is 14.9. The van der Waals surface area contributed by atoms with Crippen molar-refractivity contribution >= 4 is 29.4 Å². The maximum absolute atomic E-state index is 13.2. The van der Waals surface area contributed by atoms with Crippen molar-refractivity contribution in [2.45, 2.75) is 26.3 Å². The first kappa shape index (κ1) is 22.0. The number of anilines is 1. The quantitative estimate of drug-likeness (QED) is 0.390. The Balaban J connectivity index is 1.86. The van der Waals surface area contributed by atoms with Crippen LogP contribution in [0.25, 0.3) is 0 Å². The van der Waals surface area contributed by atoms with Crippen LogP contribution in [0.5, 0.6) is 0 Å². The third kappa shape index (κ3) is 4.40. The van der Waals surface area contributed by atoms with E-state index in [1.54, 1.807) is 19.1 Å². The lowest BCUT2D eigenvalue weighted by molar-refractivity contribution is -0.122. The fourth-order valence-corrected chi connectivity index (χ4v) is 3.55. The number of carbonyl (C=O) groups is 4. The van der Waals surface area contributed by atoms with Gasteiger partial charge in [0.25, 0.3) is 11.8 Å². The van der Waals surface area contributed by atoms with Gasteiger partial charge in [-0.1, -0.05) is 24.3 Å². The van der Waals surface area contributed by atoms with Gasteiger partial charge in [-0.3, -0.25) is 14.4 Å². The van der Waals surface area contributed by atoms with Crippen LogP contribution in [-0.4, -0.2) is 47.8 Å². The number of hydrogen-bond acceptors (Lipinski definition) is 5. The van der Waals surface area contributed by atoms with Crippen molar-refractivity contribution in [2.24, 2.45) is 0 Å². The monoisotopic (exact) mass is 420 g/mol. The van der Waals surface area contributed by atoms with Gasteiger partial charge in [0.05, 0.1) is 24.3 Å². The Morgan fingerprint density at radius 2 is 1.84 bits per heavy atom. The average molecular weight is 420 g/mol. The summed E-state index contributed by atoms with van der Waals surface area (Å²) in [6.07, 6.45) is 1.41. The van der Waals surface area contributed by atoms with Crippen molar-refractivity contribution in [2.75, 3.05) is 18.1 Å². The molecule has 1 heterocycles. The Bertz CT molecular complexity index is 1030. The summed E-state index contributed by atoms with van der Waals surface area (Å²) in [6, 6.07) is 12.2. The van der Waals surface area contributed by atoms with E-state index in [4.69, 9.17) is 4.74 Å². The van der Waals surface area contributed by atoms with Crippen molar-refractivity contribution in [1.29, 1.82) is 0 Å². The zero-order valence-electron chi connectivity index (χ0n) is 17.5. The molecule has 1 aliphatic heterocycles.